The molecule has 0 aliphatic rings. The first-order valence-electron chi connectivity index (χ1n) is 5.35. The van der Waals surface area contributed by atoms with Crippen molar-refractivity contribution in [2.45, 2.75) is 18.4 Å². The maximum absolute atomic E-state index is 11.3. The highest BCUT2D eigenvalue weighted by atomic mass is 32.2. The van der Waals surface area contributed by atoms with Gasteiger partial charge in [0.15, 0.2) is 0 Å². The summed E-state index contributed by atoms with van der Waals surface area (Å²) >= 11 is 0. The van der Waals surface area contributed by atoms with E-state index in [1.807, 2.05) is 13.0 Å². The number of anilines is 1. The molecule has 18 heavy (non-hydrogen) atoms. The van der Waals surface area contributed by atoms with Gasteiger partial charge in [-0.05, 0) is 30.7 Å². The lowest BCUT2D eigenvalue weighted by Gasteiger charge is -2.10. The molecule has 0 aliphatic heterocycles. The Bertz CT molecular complexity index is 633. The maximum atomic E-state index is 11.3. The van der Waals surface area contributed by atoms with Crippen molar-refractivity contribution in [3.05, 3.63) is 47.9 Å². The molecule has 0 saturated carbocycles. The second-order valence-corrected chi connectivity index (χ2v) is 5.57. The van der Waals surface area contributed by atoms with Crippen molar-refractivity contribution in [2.75, 3.05) is 5.32 Å². The van der Waals surface area contributed by atoms with Gasteiger partial charge in [-0.25, -0.2) is 13.6 Å². The number of hydrogen-bond donors (Lipinski definition) is 2. The number of primary sulfonamides is 1. The fraction of sp³-hybridized carbons (Fsp3) is 0.167. The molecule has 96 valence electrons. The molecule has 0 unspecified atom stereocenters. The Hall–Kier alpha value is -1.79. The third-order valence-electron chi connectivity index (χ3n) is 2.60. The fourth-order valence-corrected chi connectivity index (χ4v) is 2.10. The van der Waals surface area contributed by atoms with E-state index in [-0.39, 0.29) is 4.90 Å². The normalized spacial score (nSPS) is 11.4. The van der Waals surface area contributed by atoms with E-state index in [1.54, 1.807) is 18.6 Å². The highest BCUT2D eigenvalue weighted by molar-refractivity contribution is 7.89. The van der Waals surface area contributed by atoms with Crippen LogP contribution in [0, 0.1) is 6.92 Å². The highest BCUT2D eigenvalue weighted by Crippen LogP contribution is 2.20. The average Bonchev–Trinajstić information content (AvgIpc) is 2.79. The van der Waals surface area contributed by atoms with Crippen LogP contribution < -0.4 is 10.5 Å². The van der Waals surface area contributed by atoms with E-state index in [2.05, 4.69) is 5.32 Å². The lowest BCUT2D eigenvalue weighted by atomic mass is 10.2. The molecular formula is C12H14N2O3S. The van der Waals surface area contributed by atoms with Crippen LogP contribution in [0.15, 0.2) is 46.1 Å². The summed E-state index contributed by atoms with van der Waals surface area (Å²) in [5.74, 6) is 0. The largest absolute Gasteiger partial charge is 0.472 e. The highest BCUT2D eigenvalue weighted by Gasteiger charge is 2.09. The molecule has 1 aromatic carbocycles. The van der Waals surface area contributed by atoms with Gasteiger partial charge in [0.2, 0.25) is 10.0 Å². The third-order valence-corrected chi connectivity index (χ3v) is 3.51. The van der Waals surface area contributed by atoms with E-state index >= 15 is 0 Å². The molecule has 0 amide bonds. The molecular weight excluding hydrogens is 252 g/mol. The Morgan fingerprint density at radius 3 is 2.72 bits per heavy atom. The molecule has 3 N–H and O–H groups in total. The molecule has 1 aromatic heterocycles. The smallest absolute Gasteiger partial charge is 0.238 e. The summed E-state index contributed by atoms with van der Waals surface area (Å²) < 4.78 is 27.5. The predicted molar refractivity (Wildman–Crippen MR) is 68.6 cm³/mol. The summed E-state index contributed by atoms with van der Waals surface area (Å²) in [5, 5.41) is 8.24. The van der Waals surface area contributed by atoms with Crippen LogP contribution in [-0.2, 0) is 16.6 Å². The topological polar surface area (TPSA) is 85.3 Å². The first-order valence-corrected chi connectivity index (χ1v) is 6.90. The number of aryl methyl sites for hydroxylation is 1. The van der Waals surface area contributed by atoms with E-state index in [9.17, 15) is 8.42 Å². The van der Waals surface area contributed by atoms with Crippen LogP contribution in [0.3, 0.4) is 0 Å². The van der Waals surface area contributed by atoms with Crippen LogP contribution >= 0.6 is 0 Å². The summed E-state index contributed by atoms with van der Waals surface area (Å²) in [6.45, 7) is 2.45. The van der Waals surface area contributed by atoms with Crippen molar-refractivity contribution in [3.63, 3.8) is 0 Å². The SMILES string of the molecule is Cc1ccc(S(N)(=O)=O)cc1NCc1ccoc1. The van der Waals surface area contributed by atoms with Crippen LogP contribution in [0.2, 0.25) is 0 Å². The molecule has 2 rings (SSSR count). The Kier molecular flexibility index (Phi) is 3.40. The lowest BCUT2D eigenvalue weighted by molar-refractivity contribution is 0.564. The molecule has 0 saturated heterocycles. The van der Waals surface area contributed by atoms with E-state index in [1.165, 1.54) is 12.1 Å². The zero-order valence-electron chi connectivity index (χ0n) is 9.88. The van der Waals surface area contributed by atoms with Gasteiger partial charge in [-0.15, -0.1) is 0 Å². The number of rotatable bonds is 4. The molecule has 0 radical (unpaired) electrons. The number of nitrogens with two attached hydrogens (primary N) is 1. The second-order valence-electron chi connectivity index (χ2n) is 4.01. The standard InChI is InChI=1S/C12H14N2O3S/c1-9-2-3-11(18(13,15)16)6-12(9)14-7-10-4-5-17-8-10/h2-6,8,14H,7H2,1H3,(H2,13,15,16). The van der Waals surface area contributed by atoms with E-state index in [0.29, 0.717) is 6.54 Å². The fourth-order valence-electron chi connectivity index (χ4n) is 1.56. The number of nitrogens with one attached hydrogen (secondary N) is 1. The van der Waals surface area contributed by atoms with E-state index in [0.717, 1.165) is 16.8 Å². The lowest BCUT2D eigenvalue weighted by Crippen LogP contribution is -2.12. The summed E-state index contributed by atoms with van der Waals surface area (Å²) in [6.07, 6.45) is 3.22. The zero-order valence-corrected chi connectivity index (χ0v) is 10.7. The summed E-state index contributed by atoms with van der Waals surface area (Å²) in [7, 11) is -3.67. The van der Waals surface area contributed by atoms with Crippen molar-refractivity contribution >= 4 is 15.7 Å². The molecule has 6 heteroatoms. The Morgan fingerprint density at radius 2 is 2.11 bits per heavy atom. The van der Waals surface area contributed by atoms with Crippen LogP contribution in [0.5, 0.6) is 0 Å². The molecule has 0 spiro atoms. The molecule has 5 nitrogen and oxygen atoms in total. The van der Waals surface area contributed by atoms with Gasteiger partial charge in [0, 0.05) is 17.8 Å². The van der Waals surface area contributed by atoms with Crippen molar-refractivity contribution in [1.29, 1.82) is 0 Å². The van der Waals surface area contributed by atoms with Crippen molar-refractivity contribution in [2.24, 2.45) is 5.14 Å². The first-order chi connectivity index (χ1) is 8.47. The molecule has 0 fully saturated rings. The van der Waals surface area contributed by atoms with Gasteiger partial charge in [0.05, 0.1) is 17.4 Å². The maximum Gasteiger partial charge on any atom is 0.238 e. The minimum absolute atomic E-state index is 0.0998. The third kappa shape index (κ3) is 2.91. The van der Waals surface area contributed by atoms with Gasteiger partial charge in [0.25, 0.3) is 0 Å². The summed E-state index contributed by atoms with van der Waals surface area (Å²) in [5.41, 5.74) is 2.67. The van der Waals surface area contributed by atoms with Gasteiger partial charge >= 0.3 is 0 Å². The van der Waals surface area contributed by atoms with Crippen LogP contribution in [-0.4, -0.2) is 8.42 Å². The van der Waals surface area contributed by atoms with Gasteiger partial charge in [-0.2, -0.15) is 0 Å². The number of furan rings is 1. The minimum atomic E-state index is -3.67. The number of hydrogen-bond acceptors (Lipinski definition) is 4. The number of sulfonamides is 1. The van der Waals surface area contributed by atoms with E-state index in [4.69, 9.17) is 9.56 Å². The van der Waals surface area contributed by atoms with Gasteiger partial charge in [-0.1, -0.05) is 6.07 Å². The van der Waals surface area contributed by atoms with Gasteiger partial charge in [-0.3, -0.25) is 0 Å². The monoisotopic (exact) mass is 266 g/mol. The first kappa shape index (κ1) is 12.7. The summed E-state index contributed by atoms with van der Waals surface area (Å²) in [4.78, 5) is 0.0998. The average molecular weight is 266 g/mol. The quantitative estimate of drug-likeness (QED) is 0.884. The van der Waals surface area contributed by atoms with Gasteiger partial charge < -0.3 is 9.73 Å². The molecule has 0 aliphatic carbocycles. The Morgan fingerprint density at radius 1 is 1.33 bits per heavy atom. The second kappa shape index (κ2) is 4.83. The summed E-state index contributed by atoms with van der Waals surface area (Å²) in [6, 6.07) is 6.59. The zero-order chi connectivity index (χ0) is 13.2. The molecule has 1 heterocycles. The molecule has 2 aromatic rings. The van der Waals surface area contributed by atoms with Crippen molar-refractivity contribution < 1.29 is 12.8 Å². The van der Waals surface area contributed by atoms with Crippen molar-refractivity contribution in [3.8, 4) is 0 Å². The van der Waals surface area contributed by atoms with Gasteiger partial charge in [0.1, 0.15) is 0 Å². The number of benzene rings is 1. The van der Waals surface area contributed by atoms with Crippen LogP contribution in [0.4, 0.5) is 5.69 Å². The van der Waals surface area contributed by atoms with Crippen LogP contribution in [0.25, 0.3) is 0 Å². The Balaban J connectivity index is 2.22. The Labute approximate surface area is 106 Å². The molecule has 0 bridgehead atoms. The molecule has 0 atom stereocenters. The predicted octanol–water partition coefficient (Wildman–Crippen LogP) is 1.85. The van der Waals surface area contributed by atoms with Crippen molar-refractivity contribution in [1.82, 2.24) is 0 Å². The minimum Gasteiger partial charge on any atom is -0.472 e. The van der Waals surface area contributed by atoms with Crippen LogP contribution in [0.1, 0.15) is 11.1 Å². The van der Waals surface area contributed by atoms with E-state index < -0.39 is 10.0 Å².